The van der Waals surface area contributed by atoms with Gasteiger partial charge in [0.25, 0.3) is 5.91 Å². The number of benzene rings is 1. The second kappa shape index (κ2) is 8.71. The van der Waals surface area contributed by atoms with Gasteiger partial charge in [-0.15, -0.1) is 0 Å². The summed E-state index contributed by atoms with van der Waals surface area (Å²) < 4.78 is 46.7. The van der Waals surface area contributed by atoms with Gasteiger partial charge in [0.15, 0.2) is 11.8 Å². The highest BCUT2D eigenvalue weighted by Crippen LogP contribution is 2.38. The number of aromatic nitrogens is 5. The number of rotatable bonds is 6. The van der Waals surface area contributed by atoms with E-state index in [0.717, 1.165) is 4.68 Å². The van der Waals surface area contributed by atoms with Crippen molar-refractivity contribution in [2.75, 3.05) is 12.4 Å². The summed E-state index contributed by atoms with van der Waals surface area (Å²) in [6.07, 6.45) is -1.96. The summed E-state index contributed by atoms with van der Waals surface area (Å²) in [5, 5.41) is 20.5. The van der Waals surface area contributed by atoms with Gasteiger partial charge in [-0.2, -0.15) is 23.4 Å². The topological polar surface area (TPSA) is 107 Å². The molecule has 0 radical (unpaired) electrons. The fraction of sp³-hybridized carbons (Fsp3) is 0.200. The van der Waals surface area contributed by atoms with Crippen molar-refractivity contribution >= 4 is 28.8 Å². The van der Waals surface area contributed by atoms with E-state index in [-0.39, 0.29) is 38.9 Å². The van der Waals surface area contributed by atoms with Crippen molar-refractivity contribution in [1.82, 2.24) is 24.4 Å². The van der Waals surface area contributed by atoms with Gasteiger partial charge >= 0.3 is 6.18 Å². The van der Waals surface area contributed by atoms with Gasteiger partial charge in [-0.3, -0.25) is 9.48 Å². The molecule has 172 valence electrons. The highest BCUT2D eigenvalue weighted by molar-refractivity contribution is 6.31. The quantitative estimate of drug-likeness (QED) is 0.438. The largest absolute Gasteiger partial charge is 0.496 e. The Morgan fingerprint density at radius 2 is 2.09 bits per heavy atom. The number of aliphatic hydroxyl groups excluding tert-OH is 1. The molecule has 0 aliphatic carbocycles. The molecular formula is C20H16ClF3N6O3. The summed E-state index contributed by atoms with van der Waals surface area (Å²) in [7, 11) is 1.38. The minimum Gasteiger partial charge on any atom is -0.496 e. The van der Waals surface area contributed by atoms with Gasteiger partial charge in [-0.25, -0.2) is 9.50 Å². The minimum absolute atomic E-state index is 0.0652. The van der Waals surface area contributed by atoms with Crippen LogP contribution >= 0.6 is 11.6 Å². The number of amides is 1. The van der Waals surface area contributed by atoms with E-state index >= 15 is 0 Å². The molecule has 0 unspecified atom stereocenters. The molecule has 0 spiro atoms. The molecule has 0 saturated carbocycles. The lowest BCUT2D eigenvalue weighted by molar-refractivity contribution is -0.207. The van der Waals surface area contributed by atoms with Crippen LogP contribution < -0.4 is 10.1 Å². The van der Waals surface area contributed by atoms with E-state index in [1.165, 1.54) is 48.4 Å². The van der Waals surface area contributed by atoms with Crippen molar-refractivity contribution in [1.29, 1.82) is 0 Å². The third-order valence-electron chi connectivity index (χ3n) is 4.75. The van der Waals surface area contributed by atoms with Crippen LogP contribution in [0.2, 0.25) is 5.02 Å². The molecule has 3 aromatic heterocycles. The molecule has 0 saturated heterocycles. The highest BCUT2D eigenvalue weighted by atomic mass is 35.5. The third-order valence-corrected chi connectivity index (χ3v) is 4.99. The summed E-state index contributed by atoms with van der Waals surface area (Å²) >= 11 is 6.10. The van der Waals surface area contributed by atoms with Gasteiger partial charge in [-0.05, 0) is 24.3 Å². The van der Waals surface area contributed by atoms with E-state index < -0.39 is 24.7 Å². The first kappa shape index (κ1) is 22.6. The first-order valence-electron chi connectivity index (χ1n) is 9.43. The lowest BCUT2D eigenvalue weighted by atomic mass is 10.1. The van der Waals surface area contributed by atoms with Gasteiger partial charge in [0, 0.05) is 23.0 Å². The molecule has 0 bridgehead atoms. The predicted molar refractivity (Wildman–Crippen MR) is 112 cm³/mol. The lowest BCUT2D eigenvalue weighted by Gasteiger charge is -2.18. The van der Waals surface area contributed by atoms with E-state index in [2.05, 4.69) is 20.5 Å². The number of carbonyl (C=O) groups is 1. The second-order valence-electron chi connectivity index (χ2n) is 6.89. The van der Waals surface area contributed by atoms with Crippen LogP contribution in [0.4, 0.5) is 18.9 Å². The van der Waals surface area contributed by atoms with Crippen LogP contribution in [-0.2, 0) is 6.54 Å². The maximum Gasteiger partial charge on any atom is 0.416 e. The number of hydrogen-bond acceptors (Lipinski definition) is 6. The maximum absolute atomic E-state index is 13.0. The average molecular weight is 481 g/mol. The van der Waals surface area contributed by atoms with E-state index in [1.807, 2.05) is 0 Å². The summed E-state index contributed by atoms with van der Waals surface area (Å²) in [6, 6.07) is 6.16. The molecule has 3 heterocycles. The standard InChI is InChI=1S/C20H16ClF3N6O3/c1-33-15-4-3-11(21)7-12(15)17-14(9-27-30(17)10-16(31)20(22,23)24)28-19(32)13-8-26-29-6-2-5-25-18(13)29/h2-9,16,31H,10H2,1H3,(H,28,32)/t16-/m1/s1. The Labute approximate surface area is 189 Å². The first-order valence-corrected chi connectivity index (χ1v) is 9.81. The number of fused-ring (bicyclic) bond motifs is 1. The number of anilines is 1. The van der Waals surface area contributed by atoms with Gasteiger partial charge in [-0.1, -0.05) is 11.6 Å². The Balaban J connectivity index is 1.78. The number of halogens is 4. The van der Waals surface area contributed by atoms with Crippen molar-refractivity contribution in [3.05, 3.63) is 59.6 Å². The molecule has 33 heavy (non-hydrogen) atoms. The van der Waals surface area contributed by atoms with Crippen molar-refractivity contribution in [3.8, 4) is 17.0 Å². The number of alkyl halides is 3. The number of hydrogen-bond donors (Lipinski definition) is 2. The van der Waals surface area contributed by atoms with Crippen LogP contribution in [-0.4, -0.2) is 54.8 Å². The Kier molecular flexibility index (Phi) is 5.95. The van der Waals surface area contributed by atoms with E-state index in [1.54, 1.807) is 12.3 Å². The number of methoxy groups -OCH3 is 1. The second-order valence-corrected chi connectivity index (χ2v) is 7.33. The number of ether oxygens (including phenoxy) is 1. The van der Waals surface area contributed by atoms with Crippen LogP contribution in [0.25, 0.3) is 16.9 Å². The van der Waals surface area contributed by atoms with Gasteiger partial charge < -0.3 is 15.2 Å². The predicted octanol–water partition coefficient (Wildman–Crippen LogP) is 3.43. The zero-order valence-corrected chi connectivity index (χ0v) is 17.7. The number of nitrogens with one attached hydrogen (secondary N) is 1. The number of nitrogens with zero attached hydrogens (tertiary/aromatic N) is 5. The van der Waals surface area contributed by atoms with Crippen molar-refractivity contribution < 1.29 is 27.8 Å². The van der Waals surface area contributed by atoms with Gasteiger partial charge in [0.05, 0.1) is 37.4 Å². The normalized spacial score (nSPS) is 12.7. The fourth-order valence-corrected chi connectivity index (χ4v) is 3.38. The van der Waals surface area contributed by atoms with E-state index in [0.29, 0.717) is 0 Å². The molecule has 0 aliphatic rings. The van der Waals surface area contributed by atoms with Gasteiger partial charge in [0.2, 0.25) is 0 Å². The molecule has 1 aromatic carbocycles. The third kappa shape index (κ3) is 4.47. The molecular weight excluding hydrogens is 465 g/mol. The van der Waals surface area contributed by atoms with E-state index in [9.17, 15) is 23.1 Å². The Hall–Kier alpha value is -3.64. The van der Waals surface area contributed by atoms with E-state index in [4.69, 9.17) is 16.3 Å². The van der Waals surface area contributed by atoms with Crippen molar-refractivity contribution in [2.45, 2.75) is 18.8 Å². The van der Waals surface area contributed by atoms with Gasteiger partial charge in [0.1, 0.15) is 11.3 Å². The van der Waals surface area contributed by atoms with Crippen LogP contribution in [0.1, 0.15) is 10.4 Å². The minimum atomic E-state index is -4.87. The molecule has 1 atom stereocenters. The number of carbonyl (C=O) groups excluding carboxylic acids is 1. The summed E-state index contributed by atoms with van der Waals surface area (Å²) in [6.45, 7) is -0.914. The lowest BCUT2D eigenvalue weighted by Crippen LogP contribution is -2.33. The van der Waals surface area contributed by atoms with Crippen molar-refractivity contribution in [2.24, 2.45) is 0 Å². The Morgan fingerprint density at radius 1 is 1.30 bits per heavy atom. The molecule has 4 rings (SSSR count). The Bertz CT molecular complexity index is 1320. The molecule has 13 heteroatoms. The van der Waals surface area contributed by atoms with Crippen LogP contribution in [0.3, 0.4) is 0 Å². The zero-order chi connectivity index (χ0) is 23.8. The van der Waals surface area contributed by atoms with Crippen LogP contribution in [0, 0.1) is 0 Å². The fourth-order valence-electron chi connectivity index (χ4n) is 3.21. The SMILES string of the molecule is COc1ccc(Cl)cc1-c1c(NC(=O)c2cnn3cccnc23)cnn1C[C@@H](O)C(F)(F)F. The molecule has 9 nitrogen and oxygen atoms in total. The van der Waals surface area contributed by atoms with Crippen molar-refractivity contribution in [3.63, 3.8) is 0 Å². The molecule has 2 N–H and O–H groups in total. The zero-order valence-electron chi connectivity index (χ0n) is 16.9. The molecule has 1 amide bonds. The van der Waals surface area contributed by atoms with Crippen LogP contribution in [0.15, 0.2) is 49.1 Å². The number of aliphatic hydroxyl groups is 1. The first-order chi connectivity index (χ1) is 15.7. The summed E-state index contributed by atoms with van der Waals surface area (Å²) in [5.74, 6) is -0.335. The smallest absolute Gasteiger partial charge is 0.416 e. The highest BCUT2D eigenvalue weighted by Gasteiger charge is 2.39. The van der Waals surface area contributed by atoms with Crippen LogP contribution in [0.5, 0.6) is 5.75 Å². The molecule has 0 aliphatic heterocycles. The average Bonchev–Trinajstić information content (AvgIpc) is 3.37. The Morgan fingerprint density at radius 3 is 2.82 bits per heavy atom. The molecule has 0 fully saturated rings. The summed E-state index contributed by atoms with van der Waals surface area (Å²) in [5.41, 5.74) is 0.838. The maximum atomic E-state index is 13.0. The molecule has 4 aromatic rings. The monoisotopic (exact) mass is 480 g/mol. The summed E-state index contributed by atoms with van der Waals surface area (Å²) in [4.78, 5) is 17.1.